The molecular formula is C19H27NO4. The van der Waals surface area contributed by atoms with Crippen LogP contribution in [0.3, 0.4) is 0 Å². The monoisotopic (exact) mass is 333 g/mol. The van der Waals surface area contributed by atoms with Crippen LogP contribution in [0.2, 0.25) is 0 Å². The second kappa shape index (κ2) is 7.43. The number of carbonyl (C=O) groups excluding carboxylic acids is 1. The lowest BCUT2D eigenvalue weighted by molar-refractivity contribution is -0.136. The van der Waals surface area contributed by atoms with E-state index in [-0.39, 0.29) is 11.8 Å². The third kappa shape index (κ3) is 3.22. The standard InChI is InChI=1S/C19H27NO4/c1-23-14-8-9-15(17(12-14)24-2)18(21)16-10-11-20(19(16)22)13-6-4-3-5-7-13/h8-9,12-13,16,18,21H,3-7,10-11H2,1-2H3. The number of nitrogens with zero attached hydrogens (tertiary/aromatic N) is 1. The molecule has 5 nitrogen and oxygen atoms in total. The summed E-state index contributed by atoms with van der Waals surface area (Å²) >= 11 is 0. The molecule has 1 aliphatic heterocycles. The van der Waals surface area contributed by atoms with Crippen molar-refractivity contribution in [3.8, 4) is 11.5 Å². The molecule has 1 aliphatic carbocycles. The third-order valence-corrected chi connectivity index (χ3v) is 5.44. The van der Waals surface area contributed by atoms with E-state index >= 15 is 0 Å². The Bertz CT molecular complexity index is 583. The number of aliphatic hydroxyl groups excluding tert-OH is 1. The molecule has 2 aliphatic rings. The molecule has 5 heteroatoms. The highest BCUT2D eigenvalue weighted by molar-refractivity contribution is 5.82. The van der Waals surface area contributed by atoms with E-state index in [1.807, 2.05) is 4.90 Å². The minimum absolute atomic E-state index is 0.0901. The average Bonchev–Trinajstić information content (AvgIpc) is 3.02. The molecule has 24 heavy (non-hydrogen) atoms. The van der Waals surface area contributed by atoms with Gasteiger partial charge in [-0.2, -0.15) is 0 Å². The van der Waals surface area contributed by atoms with Crippen LogP contribution in [0.1, 0.15) is 50.2 Å². The molecule has 3 rings (SSSR count). The van der Waals surface area contributed by atoms with Crippen LogP contribution in [0.25, 0.3) is 0 Å². The summed E-state index contributed by atoms with van der Waals surface area (Å²) in [4.78, 5) is 14.8. The van der Waals surface area contributed by atoms with Crippen molar-refractivity contribution in [3.63, 3.8) is 0 Å². The molecule has 1 saturated carbocycles. The van der Waals surface area contributed by atoms with Crippen LogP contribution < -0.4 is 9.47 Å². The van der Waals surface area contributed by atoms with E-state index < -0.39 is 6.10 Å². The fourth-order valence-corrected chi connectivity index (χ4v) is 4.05. The fraction of sp³-hybridized carbons (Fsp3) is 0.632. The average molecular weight is 333 g/mol. The summed E-state index contributed by atoms with van der Waals surface area (Å²) in [5.74, 6) is 0.941. The first-order valence-corrected chi connectivity index (χ1v) is 8.86. The van der Waals surface area contributed by atoms with Gasteiger partial charge in [0.05, 0.1) is 26.2 Å². The fourth-order valence-electron chi connectivity index (χ4n) is 4.05. The van der Waals surface area contributed by atoms with Gasteiger partial charge in [0.25, 0.3) is 0 Å². The first-order valence-electron chi connectivity index (χ1n) is 8.86. The first kappa shape index (κ1) is 17.1. The van der Waals surface area contributed by atoms with Gasteiger partial charge in [0.1, 0.15) is 11.5 Å². The molecular weight excluding hydrogens is 306 g/mol. The summed E-state index contributed by atoms with van der Waals surface area (Å²) in [5.41, 5.74) is 0.655. The van der Waals surface area contributed by atoms with E-state index in [2.05, 4.69) is 0 Å². The van der Waals surface area contributed by atoms with Crippen molar-refractivity contribution in [1.82, 2.24) is 4.90 Å². The number of likely N-dealkylation sites (tertiary alicyclic amines) is 1. The quantitative estimate of drug-likeness (QED) is 0.900. The van der Waals surface area contributed by atoms with Gasteiger partial charge in [-0.25, -0.2) is 0 Å². The Balaban J connectivity index is 1.75. The predicted molar refractivity (Wildman–Crippen MR) is 91.2 cm³/mol. The van der Waals surface area contributed by atoms with Crippen LogP contribution in [-0.4, -0.2) is 42.7 Å². The number of methoxy groups -OCH3 is 2. The van der Waals surface area contributed by atoms with Gasteiger partial charge in [-0.05, 0) is 31.4 Å². The molecule has 0 aromatic heterocycles. The van der Waals surface area contributed by atoms with Crippen LogP contribution in [0.15, 0.2) is 18.2 Å². The molecule has 1 heterocycles. The van der Waals surface area contributed by atoms with Crippen molar-refractivity contribution in [1.29, 1.82) is 0 Å². The number of ether oxygens (including phenoxy) is 2. The van der Waals surface area contributed by atoms with Gasteiger partial charge in [-0.3, -0.25) is 4.79 Å². The molecule has 2 atom stereocenters. The van der Waals surface area contributed by atoms with Crippen LogP contribution in [0.5, 0.6) is 11.5 Å². The summed E-state index contributed by atoms with van der Waals surface area (Å²) < 4.78 is 10.6. The van der Waals surface area contributed by atoms with Crippen LogP contribution in [0.4, 0.5) is 0 Å². The highest BCUT2D eigenvalue weighted by atomic mass is 16.5. The number of amides is 1. The molecule has 1 N–H and O–H groups in total. The van der Waals surface area contributed by atoms with Gasteiger partial charge in [0.15, 0.2) is 0 Å². The SMILES string of the molecule is COc1ccc(C(O)C2CCN(C3CCCCC3)C2=O)c(OC)c1. The maximum absolute atomic E-state index is 12.8. The Morgan fingerprint density at radius 2 is 1.88 bits per heavy atom. The highest BCUT2D eigenvalue weighted by Crippen LogP contribution is 2.39. The Morgan fingerprint density at radius 3 is 2.54 bits per heavy atom. The van der Waals surface area contributed by atoms with Crippen molar-refractivity contribution in [2.24, 2.45) is 5.92 Å². The van der Waals surface area contributed by atoms with Crippen molar-refractivity contribution in [3.05, 3.63) is 23.8 Å². The van der Waals surface area contributed by atoms with Gasteiger partial charge in [0.2, 0.25) is 5.91 Å². The van der Waals surface area contributed by atoms with Gasteiger partial charge in [-0.1, -0.05) is 19.3 Å². The van der Waals surface area contributed by atoms with Crippen molar-refractivity contribution in [2.75, 3.05) is 20.8 Å². The summed E-state index contributed by atoms with van der Waals surface area (Å²) in [6.07, 6.45) is 5.73. The Kier molecular flexibility index (Phi) is 5.29. The number of benzene rings is 1. The summed E-state index contributed by atoms with van der Waals surface area (Å²) in [6.45, 7) is 0.754. The third-order valence-electron chi connectivity index (χ3n) is 5.44. The van der Waals surface area contributed by atoms with Crippen LogP contribution in [0, 0.1) is 5.92 Å². The topological polar surface area (TPSA) is 59.0 Å². The van der Waals surface area contributed by atoms with E-state index in [4.69, 9.17) is 9.47 Å². The van der Waals surface area contributed by atoms with Crippen molar-refractivity contribution >= 4 is 5.91 Å². The van der Waals surface area contributed by atoms with E-state index in [9.17, 15) is 9.90 Å². The van der Waals surface area contributed by atoms with Gasteiger partial charge in [0, 0.05) is 24.2 Å². The summed E-state index contributed by atoms with van der Waals surface area (Å²) in [6, 6.07) is 5.69. The summed E-state index contributed by atoms with van der Waals surface area (Å²) in [5, 5.41) is 10.8. The largest absolute Gasteiger partial charge is 0.497 e. The van der Waals surface area contributed by atoms with Gasteiger partial charge in [-0.15, -0.1) is 0 Å². The molecule has 2 fully saturated rings. The maximum Gasteiger partial charge on any atom is 0.228 e. The maximum atomic E-state index is 12.8. The second-order valence-corrected chi connectivity index (χ2v) is 6.77. The normalized spacial score (nSPS) is 23.4. The zero-order chi connectivity index (χ0) is 17.1. The molecule has 1 aromatic carbocycles. The molecule has 0 radical (unpaired) electrons. The Hall–Kier alpha value is -1.75. The molecule has 0 bridgehead atoms. The Labute approximate surface area is 143 Å². The molecule has 2 unspecified atom stereocenters. The van der Waals surface area contributed by atoms with E-state index in [0.717, 1.165) is 19.4 Å². The van der Waals surface area contributed by atoms with E-state index in [1.54, 1.807) is 32.4 Å². The minimum atomic E-state index is -0.841. The predicted octanol–water partition coefficient (Wildman–Crippen LogP) is 2.92. The second-order valence-electron chi connectivity index (χ2n) is 6.77. The number of rotatable bonds is 5. The highest BCUT2D eigenvalue weighted by Gasteiger charge is 2.41. The van der Waals surface area contributed by atoms with Crippen molar-refractivity contribution in [2.45, 2.75) is 50.7 Å². The molecule has 1 aromatic rings. The number of carbonyl (C=O) groups is 1. The molecule has 0 spiro atoms. The molecule has 132 valence electrons. The van der Waals surface area contributed by atoms with Crippen LogP contribution in [-0.2, 0) is 4.79 Å². The number of hydrogen-bond acceptors (Lipinski definition) is 4. The van der Waals surface area contributed by atoms with E-state index in [0.29, 0.717) is 29.5 Å². The smallest absolute Gasteiger partial charge is 0.228 e. The Morgan fingerprint density at radius 1 is 1.12 bits per heavy atom. The number of aliphatic hydroxyl groups is 1. The first-order chi connectivity index (χ1) is 11.7. The lowest BCUT2D eigenvalue weighted by Gasteiger charge is -2.31. The molecule has 1 amide bonds. The lowest BCUT2D eigenvalue weighted by Crippen LogP contribution is -2.39. The lowest BCUT2D eigenvalue weighted by atomic mass is 9.92. The minimum Gasteiger partial charge on any atom is -0.497 e. The van der Waals surface area contributed by atoms with Gasteiger partial charge < -0.3 is 19.5 Å². The zero-order valence-corrected chi connectivity index (χ0v) is 14.5. The number of hydrogen-bond donors (Lipinski definition) is 1. The van der Waals surface area contributed by atoms with E-state index in [1.165, 1.54) is 19.3 Å². The summed E-state index contributed by atoms with van der Waals surface area (Å²) in [7, 11) is 3.16. The van der Waals surface area contributed by atoms with Gasteiger partial charge >= 0.3 is 0 Å². The zero-order valence-electron chi connectivity index (χ0n) is 14.5. The van der Waals surface area contributed by atoms with Crippen LogP contribution >= 0.6 is 0 Å². The van der Waals surface area contributed by atoms with Crippen molar-refractivity contribution < 1.29 is 19.4 Å². The molecule has 1 saturated heterocycles.